The normalized spacial score (nSPS) is 20.6. The molecule has 1 saturated heterocycles. The van der Waals surface area contributed by atoms with Crippen molar-refractivity contribution in [2.45, 2.75) is 18.9 Å². The fraction of sp³-hybridized carbons (Fsp3) is 0.455. The zero-order valence-corrected chi connectivity index (χ0v) is 10.4. The molecule has 0 spiro atoms. The summed E-state index contributed by atoms with van der Waals surface area (Å²) < 4.78 is 22.5. The predicted octanol–water partition coefficient (Wildman–Crippen LogP) is 2.33. The molecule has 2 rings (SSSR count). The second-order valence-electron chi connectivity index (χ2n) is 4.05. The Hall–Kier alpha value is -0.740. The number of halogens is 1. The van der Waals surface area contributed by atoms with Gasteiger partial charge in [0.05, 0.1) is 22.2 Å². The first kappa shape index (κ1) is 11.7. The molecule has 1 aromatic rings. The van der Waals surface area contributed by atoms with Gasteiger partial charge in [0.2, 0.25) is 0 Å². The van der Waals surface area contributed by atoms with E-state index in [0.29, 0.717) is 17.9 Å². The monoisotopic (exact) mass is 259 g/mol. The topological polar surface area (TPSA) is 46.2 Å². The van der Waals surface area contributed by atoms with Crippen molar-refractivity contribution >= 4 is 27.1 Å². The van der Waals surface area contributed by atoms with Crippen LogP contribution in [0.2, 0.25) is 5.02 Å². The van der Waals surface area contributed by atoms with E-state index < -0.39 is 9.84 Å². The fourth-order valence-electron chi connectivity index (χ4n) is 1.83. The Morgan fingerprint density at radius 1 is 1.19 bits per heavy atom. The van der Waals surface area contributed by atoms with Crippen LogP contribution in [0.15, 0.2) is 24.3 Å². The van der Waals surface area contributed by atoms with Crippen LogP contribution in [-0.2, 0) is 9.84 Å². The van der Waals surface area contributed by atoms with Crippen LogP contribution in [0.25, 0.3) is 0 Å². The summed E-state index contributed by atoms with van der Waals surface area (Å²) in [6.45, 7) is 0. The standard InChI is InChI=1S/C11H14ClNO2S/c12-10-3-1-2-4-11(10)13-9-5-7-16(14,15)8-6-9/h1-4,9,13H,5-8H2. The van der Waals surface area contributed by atoms with Crippen molar-refractivity contribution in [3.8, 4) is 0 Å². The van der Waals surface area contributed by atoms with Gasteiger partial charge in [0.25, 0.3) is 0 Å². The van der Waals surface area contributed by atoms with Crippen molar-refractivity contribution in [1.82, 2.24) is 0 Å². The molecule has 0 aliphatic carbocycles. The number of benzene rings is 1. The largest absolute Gasteiger partial charge is 0.381 e. The Kier molecular flexibility index (Phi) is 3.40. The van der Waals surface area contributed by atoms with Crippen molar-refractivity contribution in [2.24, 2.45) is 0 Å². The molecule has 0 amide bonds. The highest BCUT2D eigenvalue weighted by Crippen LogP contribution is 2.24. The van der Waals surface area contributed by atoms with E-state index in [-0.39, 0.29) is 17.5 Å². The van der Waals surface area contributed by atoms with E-state index >= 15 is 0 Å². The van der Waals surface area contributed by atoms with Crippen LogP contribution in [0.5, 0.6) is 0 Å². The Bertz CT molecular complexity index is 459. The highest BCUT2D eigenvalue weighted by atomic mass is 35.5. The molecule has 0 saturated carbocycles. The second kappa shape index (κ2) is 4.63. The second-order valence-corrected chi connectivity index (χ2v) is 6.76. The molecule has 0 bridgehead atoms. The third kappa shape index (κ3) is 2.89. The fourth-order valence-corrected chi connectivity index (χ4v) is 3.51. The smallest absolute Gasteiger partial charge is 0.150 e. The minimum atomic E-state index is -2.79. The molecule has 3 nitrogen and oxygen atoms in total. The summed E-state index contributed by atoms with van der Waals surface area (Å²) in [5.41, 5.74) is 0.883. The first-order valence-electron chi connectivity index (χ1n) is 5.28. The molecule has 1 aliphatic heterocycles. The summed E-state index contributed by atoms with van der Waals surface area (Å²) in [5, 5.41) is 3.97. The lowest BCUT2D eigenvalue weighted by Gasteiger charge is -2.24. The molecule has 0 aromatic heterocycles. The van der Waals surface area contributed by atoms with Gasteiger partial charge in [-0.15, -0.1) is 0 Å². The maximum Gasteiger partial charge on any atom is 0.150 e. The zero-order valence-electron chi connectivity index (χ0n) is 8.82. The third-order valence-electron chi connectivity index (χ3n) is 2.79. The lowest BCUT2D eigenvalue weighted by atomic mass is 10.1. The van der Waals surface area contributed by atoms with Crippen molar-refractivity contribution in [3.05, 3.63) is 29.3 Å². The molecular weight excluding hydrogens is 246 g/mol. The number of sulfone groups is 1. The first-order valence-corrected chi connectivity index (χ1v) is 7.48. The maximum atomic E-state index is 11.3. The quantitative estimate of drug-likeness (QED) is 0.887. The van der Waals surface area contributed by atoms with Crippen LogP contribution in [0.1, 0.15) is 12.8 Å². The Balaban J connectivity index is 2.00. The SMILES string of the molecule is O=S1(=O)CCC(Nc2ccccc2Cl)CC1. The summed E-state index contributed by atoms with van der Waals surface area (Å²) >= 11 is 6.02. The molecule has 1 aliphatic rings. The third-order valence-corrected chi connectivity index (χ3v) is 4.83. The van der Waals surface area contributed by atoms with Gasteiger partial charge < -0.3 is 5.32 Å². The Morgan fingerprint density at radius 3 is 2.44 bits per heavy atom. The number of hydrogen-bond donors (Lipinski definition) is 1. The molecule has 88 valence electrons. The Labute approximate surface area is 101 Å². The van der Waals surface area contributed by atoms with Crippen molar-refractivity contribution in [3.63, 3.8) is 0 Å². The molecule has 5 heteroatoms. The van der Waals surface area contributed by atoms with Crippen LogP contribution in [0.3, 0.4) is 0 Å². The molecule has 1 heterocycles. The van der Waals surface area contributed by atoms with Gasteiger partial charge in [0.15, 0.2) is 0 Å². The van der Waals surface area contributed by atoms with Gasteiger partial charge in [-0.25, -0.2) is 8.42 Å². The Morgan fingerprint density at radius 2 is 1.81 bits per heavy atom. The van der Waals surface area contributed by atoms with Gasteiger partial charge in [-0.2, -0.15) is 0 Å². The van der Waals surface area contributed by atoms with Gasteiger partial charge >= 0.3 is 0 Å². The summed E-state index contributed by atoms with van der Waals surface area (Å²) in [5.74, 6) is 0.546. The zero-order chi connectivity index (χ0) is 11.6. The average Bonchev–Trinajstić information content (AvgIpc) is 2.24. The van der Waals surface area contributed by atoms with Gasteiger partial charge in [-0.1, -0.05) is 23.7 Å². The molecule has 1 fully saturated rings. The number of nitrogens with one attached hydrogen (secondary N) is 1. The van der Waals surface area contributed by atoms with E-state index in [1.54, 1.807) is 0 Å². The molecule has 1 N–H and O–H groups in total. The first-order chi connectivity index (χ1) is 7.57. The maximum absolute atomic E-state index is 11.3. The van der Waals surface area contributed by atoms with Gasteiger partial charge in [0.1, 0.15) is 9.84 Å². The molecule has 0 atom stereocenters. The van der Waals surface area contributed by atoms with E-state index in [2.05, 4.69) is 5.32 Å². The van der Waals surface area contributed by atoms with Crippen LogP contribution in [0.4, 0.5) is 5.69 Å². The lowest BCUT2D eigenvalue weighted by Crippen LogP contribution is -2.32. The van der Waals surface area contributed by atoms with Gasteiger partial charge in [-0.05, 0) is 25.0 Å². The van der Waals surface area contributed by atoms with E-state index in [1.807, 2.05) is 24.3 Å². The molecule has 1 aromatic carbocycles. The number of anilines is 1. The van der Waals surface area contributed by atoms with Gasteiger partial charge in [-0.3, -0.25) is 0 Å². The lowest BCUT2D eigenvalue weighted by molar-refractivity contribution is 0.559. The highest BCUT2D eigenvalue weighted by molar-refractivity contribution is 7.91. The minimum absolute atomic E-state index is 0.212. The van der Waals surface area contributed by atoms with E-state index in [0.717, 1.165) is 5.69 Å². The van der Waals surface area contributed by atoms with Crippen molar-refractivity contribution < 1.29 is 8.42 Å². The van der Waals surface area contributed by atoms with Crippen molar-refractivity contribution in [2.75, 3.05) is 16.8 Å². The summed E-state index contributed by atoms with van der Waals surface area (Å²) in [4.78, 5) is 0. The summed E-state index contributed by atoms with van der Waals surface area (Å²) in [6, 6.07) is 7.73. The van der Waals surface area contributed by atoms with E-state index in [1.165, 1.54) is 0 Å². The minimum Gasteiger partial charge on any atom is -0.381 e. The van der Waals surface area contributed by atoms with Gasteiger partial charge in [0, 0.05) is 6.04 Å². The molecule has 16 heavy (non-hydrogen) atoms. The highest BCUT2D eigenvalue weighted by Gasteiger charge is 2.23. The molecule has 0 radical (unpaired) electrons. The average molecular weight is 260 g/mol. The number of rotatable bonds is 2. The van der Waals surface area contributed by atoms with Crippen LogP contribution >= 0.6 is 11.6 Å². The van der Waals surface area contributed by atoms with E-state index in [4.69, 9.17) is 11.6 Å². The predicted molar refractivity (Wildman–Crippen MR) is 66.8 cm³/mol. The van der Waals surface area contributed by atoms with Crippen LogP contribution < -0.4 is 5.32 Å². The van der Waals surface area contributed by atoms with Crippen molar-refractivity contribution in [1.29, 1.82) is 0 Å². The molecule has 0 unspecified atom stereocenters. The number of hydrogen-bond acceptors (Lipinski definition) is 3. The van der Waals surface area contributed by atoms with E-state index in [9.17, 15) is 8.42 Å². The molecular formula is C11H14ClNO2S. The van der Waals surface area contributed by atoms with Crippen LogP contribution in [0, 0.1) is 0 Å². The van der Waals surface area contributed by atoms with Crippen LogP contribution in [-0.4, -0.2) is 26.0 Å². The summed E-state index contributed by atoms with van der Waals surface area (Å²) in [6.07, 6.45) is 1.32. The summed E-state index contributed by atoms with van der Waals surface area (Å²) in [7, 11) is -2.79. The number of para-hydroxylation sites is 1.